The summed E-state index contributed by atoms with van der Waals surface area (Å²) in [6.07, 6.45) is 5.84. The average Bonchev–Trinajstić information content (AvgIpc) is 2.95. The fourth-order valence-electron chi connectivity index (χ4n) is 1.43. The van der Waals surface area contributed by atoms with Crippen LogP contribution in [0.4, 0.5) is 0 Å². The fourth-order valence-corrected chi connectivity index (χ4v) is 1.43. The summed E-state index contributed by atoms with van der Waals surface area (Å²) in [4.78, 5) is 11.6. The van der Waals surface area contributed by atoms with Crippen molar-refractivity contribution in [3.8, 4) is 0 Å². The maximum absolute atomic E-state index is 11.6. The van der Waals surface area contributed by atoms with Gasteiger partial charge in [0.25, 0.3) is 0 Å². The molecule has 1 fully saturated rings. The van der Waals surface area contributed by atoms with Gasteiger partial charge in [-0.15, -0.1) is 0 Å². The number of nitrogens with one attached hydrogen (secondary N) is 1. The van der Waals surface area contributed by atoms with Crippen LogP contribution in [0.5, 0.6) is 0 Å². The van der Waals surface area contributed by atoms with Crippen LogP contribution < -0.4 is 11.1 Å². The summed E-state index contributed by atoms with van der Waals surface area (Å²) in [5.41, 5.74) is 6.55. The van der Waals surface area contributed by atoms with Crippen LogP contribution in [0.1, 0.15) is 24.4 Å². The second kappa shape index (κ2) is 4.02. The van der Waals surface area contributed by atoms with Crippen LogP contribution in [0.2, 0.25) is 0 Å². The molecule has 0 saturated heterocycles. The Labute approximate surface area is 88.6 Å². The lowest BCUT2D eigenvalue weighted by Crippen LogP contribution is -2.35. The lowest BCUT2D eigenvalue weighted by molar-refractivity contribution is -0.122. The Morgan fingerprint density at radius 2 is 2.53 bits per heavy atom. The molecule has 0 aliphatic heterocycles. The van der Waals surface area contributed by atoms with Gasteiger partial charge in [0.2, 0.25) is 5.91 Å². The highest BCUT2D eigenvalue weighted by atomic mass is 16.2. The zero-order valence-electron chi connectivity index (χ0n) is 8.81. The number of amides is 1. The van der Waals surface area contributed by atoms with E-state index in [2.05, 4.69) is 10.4 Å². The van der Waals surface area contributed by atoms with Crippen molar-refractivity contribution in [3.63, 3.8) is 0 Å². The van der Waals surface area contributed by atoms with E-state index in [-0.39, 0.29) is 5.91 Å². The van der Waals surface area contributed by atoms with E-state index in [0.29, 0.717) is 5.92 Å². The Kier molecular flexibility index (Phi) is 2.73. The monoisotopic (exact) mass is 208 g/mol. The standard InChI is InChI=1S/C10H16N4O/c1-14-6-8(5-13-14)9(11)10(15)12-4-7-2-3-7/h5-7,9H,2-4,11H2,1H3,(H,12,15). The molecule has 1 atom stereocenters. The number of hydrogen-bond donors (Lipinski definition) is 2. The third-order valence-corrected chi connectivity index (χ3v) is 2.63. The lowest BCUT2D eigenvalue weighted by Gasteiger charge is -2.09. The SMILES string of the molecule is Cn1cc(C(N)C(=O)NCC2CC2)cn1. The van der Waals surface area contributed by atoms with Gasteiger partial charge >= 0.3 is 0 Å². The molecule has 0 radical (unpaired) electrons. The molecule has 3 N–H and O–H groups in total. The Balaban J connectivity index is 1.88. The van der Waals surface area contributed by atoms with Crippen molar-refractivity contribution >= 4 is 5.91 Å². The maximum Gasteiger partial charge on any atom is 0.241 e. The molecular formula is C10H16N4O. The summed E-state index contributed by atoms with van der Waals surface area (Å²) < 4.78 is 1.64. The summed E-state index contributed by atoms with van der Waals surface area (Å²) in [5.74, 6) is 0.560. The zero-order valence-corrected chi connectivity index (χ0v) is 8.81. The number of rotatable bonds is 4. The Bertz CT molecular complexity index is 356. The minimum atomic E-state index is -0.600. The highest BCUT2D eigenvalue weighted by molar-refractivity contribution is 5.82. The average molecular weight is 208 g/mol. The summed E-state index contributed by atoms with van der Waals surface area (Å²) in [6.45, 7) is 0.757. The first kappa shape index (κ1) is 10.2. The van der Waals surface area contributed by atoms with Crippen molar-refractivity contribution < 1.29 is 4.79 Å². The highest BCUT2D eigenvalue weighted by Gasteiger charge is 2.23. The van der Waals surface area contributed by atoms with Gasteiger partial charge in [-0.1, -0.05) is 0 Å². The van der Waals surface area contributed by atoms with E-state index in [4.69, 9.17) is 5.73 Å². The maximum atomic E-state index is 11.6. The van der Waals surface area contributed by atoms with Crippen LogP contribution in [-0.2, 0) is 11.8 Å². The van der Waals surface area contributed by atoms with E-state index in [1.807, 2.05) is 0 Å². The first-order chi connectivity index (χ1) is 7.16. The van der Waals surface area contributed by atoms with Crippen molar-refractivity contribution in [3.05, 3.63) is 18.0 Å². The van der Waals surface area contributed by atoms with Gasteiger partial charge in [-0.2, -0.15) is 5.10 Å². The van der Waals surface area contributed by atoms with Crippen molar-refractivity contribution in [2.75, 3.05) is 6.54 Å². The molecule has 0 aromatic carbocycles. The first-order valence-corrected chi connectivity index (χ1v) is 5.18. The van der Waals surface area contributed by atoms with Crippen molar-refractivity contribution in [2.24, 2.45) is 18.7 Å². The molecule has 5 heteroatoms. The van der Waals surface area contributed by atoms with Gasteiger partial charge in [-0.05, 0) is 18.8 Å². The topological polar surface area (TPSA) is 72.9 Å². The molecule has 1 aliphatic carbocycles. The third kappa shape index (κ3) is 2.56. The number of aryl methyl sites for hydroxylation is 1. The van der Waals surface area contributed by atoms with E-state index in [1.165, 1.54) is 12.8 Å². The molecule has 5 nitrogen and oxygen atoms in total. The van der Waals surface area contributed by atoms with Gasteiger partial charge in [-0.25, -0.2) is 0 Å². The minimum absolute atomic E-state index is 0.116. The second-order valence-corrected chi connectivity index (χ2v) is 4.11. The Hall–Kier alpha value is -1.36. The number of carbonyl (C=O) groups excluding carboxylic acids is 1. The lowest BCUT2D eigenvalue weighted by atomic mass is 10.1. The molecule has 2 rings (SSSR count). The Morgan fingerprint density at radius 1 is 1.80 bits per heavy atom. The number of nitrogens with two attached hydrogens (primary N) is 1. The molecule has 82 valence electrons. The largest absolute Gasteiger partial charge is 0.354 e. The van der Waals surface area contributed by atoms with E-state index >= 15 is 0 Å². The van der Waals surface area contributed by atoms with Crippen LogP contribution in [0, 0.1) is 5.92 Å². The van der Waals surface area contributed by atoms with Crippen LogP contribution in [0.25, 0.3) is 0 Å². The fraction of sp³-hybridized carbons (Fsp3) is 0.600. The summed E-state index contributed by atoms with van der Waals surface area (Å²) in [6, 6.07) is -0.600. The van der Waals surface area contributed by atoms with E-state index < -0.39 is 6.04 Å². The van der Waals surface area contributed by atoms with Gasteiger partial charge in [0.1, 0.15) is 6.04 Å². The van der Waals surface area contributed by atoms with Crippen LogP contribution in [-0.4, -0.2) is 22.2 Å². The predicted molar refractivity (Wildman–Crippen MR) is 55.9 cm³/mol. The third-order valence-electron chi connectivity index (χ3n) is 2.63. The number of nitrogens with zero attached hydrogens (tertiary/aromatic N) is 2. The molecule has 1 amide bonds. The summed E-state index contributed by atoms with van der Waals surface area (Å²) in [5, 5.41) is 6.84. The molecule has 1 unspecified atom stereocenters. The van der Waals surface area contributed by atoms with Crippen molar-refractivity contribution in [2.45, 2.75) is 18.9 Å². The summed E-state index contributed by atoms with van der Waals surface area (Å²) >= 11 is 0. The number of carbonyl (C=O) groups is 1. The van der Waals surface area contributed by atoms with Crippen molar-refractivity contribution in [1.82, 2.24) is 15.1 Å². The highest BCUT2D eigenvalue weighted by Crippen LogP contribution is 2.27. The second-order valence-electron chi connectivity index (χ2n) is 4.11. The molecule has 1 aliphatic rings. The molecule has 1 aromatic rings. The van der Waals surface area contributed by atoms with Crippen LogP contribution >= 0.6 is 0 Å². The van der Waals surface area contributed by atoms with Crippen LogP contribution in [0.3, 0.4) is 0 Å². The van der Waals surface area contributed by atoms with E-state index in [1.54, 1.807) is 24.1 Å². The van der Waals surface area contributed by atoms with Gasteiger partial charge in [0, 0.05) is 25.4 Å². The molecular weight excluding hydrogens is 192 g/mol. The summed E-state index contributed by atoms with van der Waals surface area (Å²) in [7, 11) is 1.80. The molecule has 0 bridgehead atoms. The minimum Gasteiger partial charge on any atom is -0.354 e. The van der Waals surface area contributed by atoms with E-state index in [0.717, 1.165) is 12.1 Å². The van der Waals surface area contributed by atoms with Gasteiger partial charge in [0.15, 0.2) is 0 Å². The number of hydrogen-bond acceptors (Lipinski definition) is 3. The normalized spacial score (nSPS) is 17.5. The predicted octanol–water partition coefficient (Wildman–Crippen LogP) is -0.0539. The molecule has 1 heterocycles. The quantitative estimate of drug-likeness (QED) is 0.728. The number of aromatic nitrogens is 2. The Morgan fingerprint density at radius 3 is 3.07 bits per heavy atom. The first-order valence-electron chi connectivity index (χ1n) is 5.18. The van der Waals surface area contributed by atoms with E-state index in [9.17, 15) is 4.79 Å². The molecule has 0 spiro atoms. The zero-order chi connectivity index (χ0) is 10.8. The van der Waals surface area contributed by atoms with Crippen molar-refractivity contribution in [1.29, 1.82) is 0 Å². The molecule has 1 saturated carbocycles. The molecule has 15 heavy (non-hydrogen) atoms. The molecule has 1 aromatic heterocycles. The van der Waals surface area contributed by atoms with Gasteiger partial charge < -0.3 is 11.1 Å². The van der Waals surface area contributed by atoms with Gasteiger partial charge in [0.05, 0.1) is 6.20 Å². The van der Waals surface area contributed by atoms with Gasteiger partial charge in [-0.3, -0.25) is 9.48 Å². The smallest absolute Gasteiger partial charge is 0.241 e. The van der Waals surface area contributed by atoms with Crippen LogP contribution in [0.15, 0.2) is 12.4 Å².